The molecular weight excluding hydrogens is 280 g/mol. The van der Waals surface area contributed by atoms with Gasteiger partial charge in [-0.2, -0.15) is 0 Å². The van der Waals surface area contributed by atoms with Gasteiger partial charge in [0.1, 0.15) is 0 Å². The van der Waals surface area contributed by atoms with Gasteiger partial charge in [-0.15, -0.1) is 22.7 Å². The molecule has 6 heteroatoms. The normalized spacial score (nSPS) is 10.2. The summed E-state index contributed by atoms with van der Waals surface area (Å²) >= 11 is 2.85. The van der Waals surface area contributed by atoms with Crippen molar-refractivity contribution in [1.82, 2.24) is 10.6 Å². The second kappa shape index (κ2) is 6.49. The molecule has 0 aliphatic rings. The highest BCUT2D eigenvalue weighted by Gasteiger charge is 2.12. The molecule has 0 spiro atoms. The maximum Gasteiger partial charge on any atom is 0.315 e. The Hall–Kier alpha value is -1.66. The number of rotatable bonds is 5. The van der Waals surface area contributed by atoms with Crippen LogP contribution in [0.15, 0.2) is 29.6 Å². The number of ketones is 1. The Labute approximate surface area is 119 Å². The van der Waals surface area contributed by atoms with Crippen molar-refractivity contribution in [3.05, 3.63) is 44.3 Å². The molecule has 0 aliphatic carbocycles. The predicted octanol–water partition coefficient (Wildman–Crippen LogP) is 2.86. The molecule has 100 valence electrons. The second-order valence-electron chi connectivity index (χ2n) is 3.79. The predicted molar refractivity (Wildman–Crippen MR) is 78.0 cm³/mol. The number of carbonyl (C=O) groups excluding carboxylic acids is 2. The first kappa shape index (κ1) is 13.8. The van der Waals surface area contributed by atoms with Gasteiger partial charge < -0.3 is 10.6 Å². The maximum atomic E-state index is 12.1. The van der Waals surface area contributed by atoms with E-state index >= 15 is 0 Å². The fourth-order valence-electron chi connectivity index (χ4n) is 1.51. The Balaban J connectivity index is 1.96. The van der Waals surface area contributed by atoms with Crippen LogP contribution in [0, 0.1) is 0 Å². The molecule has 0 atom stereocenters. The van der Waals surface area contributed by atoms with E-state index in [2.05, 4.69) is 10.6 Å². The van der Waals surface area contributed by atoms with Gasteiger partial charge in [0.2, 0.25) is 5.78 Å². The van der Waals surface area contributed by atoms with Crippen molar-refractivity contribution in [2.45, 2.75) is 13.5 Å². The first-order chi connectivity index (χ1) is 9.20. The second-order valence-corrected chi connectivity index (χ2v) is 5.90. The highest BCUT2D eigenvalue weighted by molar-refractivity contribution is 7.16. The minimum atomic E-state index is -0.193. The fraction of sp³-hybridized carbons (Fsp3) is 0.231. The minimum Gasteiger partial charge on any atom is -0.338 e. The van der Waals surface area contributed by atoms with Crippen LogP contribution in [0.1, 0.15) is 26.3 Å². The van der Waals surface area contributed by atoms with E-state index in [1.807, 2.05) is 36.6 Å². The highest BCUT2D eigenvalue weighted by Crippen LogP contribution is 2.22. The zero-order valence-electron chi connectivity index (χ0n) is 10.4. The van der Waals surface area contributed by atoms with E-state index in [9.17, 15) is 9.59 Å². The molecule has 19 heavy (non-hydrogen) atoms. The van der Waals surface area contributed by atoms with Crippen LogP contribution in [-0.2, 0) is 6.54 Å². The Morgan fingerprint density at radius 2 is 2.00 bits per heavy atom. The van der Waals surface area contributed by atoms with Crippen molar-refractivity contribution >= 4 is 34.5 Å². The van der Waals surface area contributed by atoms with Crippen LogP contribution in [-0.4, -0.2) is 18.4 Å². The van der Waals surface area contributed by atoms with E-state index in [0.717, 1.165) is 9.75 Å². The van der Waals surface area contributed by atoms with E-state index in [1.54, 1.807) is 0 Å². The first-order valence-electron chi connectivity index (χ1n) is 5.89. The molecular formula is C13H14N2O2S2. The average molecular weight is 294 g/mol. The molecule has 0 aromatic carbocycles. The van der Waals surface area contributed by atoms with Crippen molar-refractivity contribution in [1.29, 1.82) is 0 Å². The van der Waals surface area contributed by atoms with Crippen molar-refractivity contribution in [2.75, 3.05) is 6.54 Å². The Kier molecular flexibility index (Phi) is 4.70. The topological polar surface area (TPSA) is 58.2 Å². The summed E-state index contributed by atoms with van der Waals surface area (Å²) < 4.78 is 0. The number of urea groups is 1. The monoisotopic (exact) mass is 294 g/mol. The lowest BCUT2D eigenvalue weighted by Crippen LogP contribution is -2.34. The SMILES string of the molecule is CCNC(=O)NCc1ccc(C(=O)c2cccs2)s1. The molecule has 2 rings (SSSR count). The summed E-state index contributed by atoms with van der Waals surface area (Å²) in [5.74, 6) is 0.0456. The van der Waals surface area contributed by atoms with E-state index in [1.165, 1.54) is 22.7 Å². The number of carbonyl (C=O) groups is 2. The molecule has 0 radical (unpaired) electrons. The van der Waals surface area contributed by atoms with Crippen molar-refractivity contribution in [3.8, 4) is 0 Å². The number of thiophene rings is 2. The van der Waals surface area contributed by atoms with Gasteiger partial charge in [-0.3, -0.25) is 4.79 Å². The van der Waals surface area contributed by atoms with Crippen LogP contribution in [0.25, 0.3) is 0 Å². The Bertz CT molecular complexity index is 561. The van der Waals surface area contributed by atoms with E-state index in [-0.39, 0.29) is 11.8 Å². The van der Waals surface area contributed by atoms with Crippen LogP contribution >= 0.6 is 22.7 Å². The number of amides is 2. The van der Waals surface area contributed by atoms with Gasteiger partial charge in [-0.05, 0) is 30.5 Å². The van der Waals surface area contributed by atoms with E-state index in [4.69, 9.17) is 0 Å². The Morgan fingerprint density at radius 1 is 1.16 bits per heavy atom. The van der Waals surface area contributed by atoms with Gasteiger partial charge >= 0.3 is 6.03 Å². The van der Waals surface area contributed by atoms with Crippen molar-refractivity contribution < 1.29 is 9.59 Å². The van der Waals surface area contributed by atoms with Crippen molar-refractivity contribution in [3.63, 3.8) is 0 Å². The van der Waals surface area contributed by atoms with Crippen molar-refractivity contribution in [2.24, 2.45) is 0 Å². The number of nitrogens with one attached hydrogen (secondary N) is 2. The molecule has 0 bridgehead atoms. The standard InChI is InChI=1S/C13H14N2O2S2/c1-2-14-13(17)15-8-9-5-6-11(19-9)12(16)10-4-3-7-18-10/h3-7H,2,8H2,1H3,(H2,14,15,17). The third kappa shape index (κ3) is 3.65. The molecule has 2 aromatic rings. The van der Waals surface area contributed by atoms with Gasteiger partial charge in [-0.25, -0.2) is 4.79 Å². The third-order valence-electron chi connectivity index (χ3n) is 2.39. The van der Waals surface area contributed by atoms with Crippen LogP contribution in [0.3, 0.4) is 0 Å². The zero-order valence-corrected chi connectivity index (χ0v) is 12.1. The van der Waals surface area contributed by atoms with Gasteiger partial charge in [0.05, 0.1) is 16.3 Å². The van der Waals surface area contributed by atoms with E-state index < -0.39 is 0 Å². The minimum absolute atomic E-state index is 0.0456. The van der Waals surface area contributed by atoms with Crippen LogP contribution < -0.4 is 10.6 Å². The molecule has 0 saturated heterocycles. The highest BCUT2D eigenvalue weighted by atomic mass is 32.1. The summed E-state index contributed by atoms with van der Waals surface area (Å²) in [5, 5.41) is 7.28. The van der Waals surface area contributed by atoms with Gasteiger partial charge in [0.15, 0.2) is 0 Å². The molecule has 2 amide bonds. The van der Waals surface area contributed by atoms with Crippen LogP contribution in [0.4, 0.5) is 4.79 Å². The smallest absolute Gasteiger partial charge is 0.315 e. The van der Waals surface area contributed by atoms with Crippen LogP contribution in [0.2, 0.25) is 0 Å². The fourth-order valence-corrected chi connectivity index (χ4v) is 3.16. The summed E-state index contributed by atoms with van der Waals surface area (Å²) in [6, 6.07) is 7.17. The average Bonchev–Trinajstić information content (AvgIpc) is 3.07. The third-order valence-corrected chi connectivity index (χ3v) is 4.34. The lowest BCUT2D eigenvalue weighted by atomic mass is 10.3. The molecule has 0 aliphatic heterocycles. The largest absolute Gasteiger partial charge is 0.338 e. The molecule has 2 N–H and O–H groups in total. The van der Waals surface area contributed by atoms with E-state index in [0.29, 0.717) is 18.0 Å². The van der Waals surface area contributed by atoms with Gasteiger partial charge in [0, 0.05) is 11.4 Å². The lowest BCUT2D eigenvalue weighted by Gasteiger charge is -2.03. The summed E-state index contributed by atoms with van der Waals surface area (Å²) in [6.45, 7) is 2.90. The summed E-state index contributed by atoms with van der Waals surface area (Å²) in [5.41, 5.74) is 0. The van der Waals surface area contributed by atoms with Crippen LogP contribution in [0.5, 0.6) is 0 Å². The Morgan fingerprint density at radius 3 is 2.68 bits per heavy atom. The zero-order chi connectivity index (χ0) is 13.7. The molecule has 0 saturated carbocycles. The summed E-state index contributed by atoms with van der Waals surface area (Å²) in [4.78, 5) is 25.8. The van der Waals surface area contributed by atoms with Gasteiger partial charge in [-0.1, -0.05) is 6.07 Å². The lowest BCUT2D eigenvalue weighted by molar-refractivity contribution is 0.104. The molecule has 0 unspecified atom stereocenters. The number of hydrogen-bond acceptors (Lipinski definition) is 4. The molecule has 2 aromatic heterocycles. The molecule has 4 nitrogen and oxygen atoms in total. The molecule has 2 heterocycles. The number of hydrogen-bond donors (Lipinski definition) is 2. The van der Waals surface area contributed by atoms with Gasteiger partial charge in [0.25, 0.3) is 0 Å². The first-order valence-corrected chi connectivity index (χ1v) is 7.59. The quantitative estimate of drug-likeness (QED) is 0.833. The summed E-state index contributed by atoms with van der Waals surface area (Å²) in [7, 11) is 0. The molecule has 0 fully saturated rings. The summed E-state index contributed by atoms with van der Waals surface area (Å²) in [6.07, 6.45) is 0. The maximum absolute atomic E-state index is 12.1.